The van der Waals surface area contributed by atoms with Gasteiger partial charge in [0.2, 0.25) is 0 Å². The molecule has 1 aliphatic heterocycles. The highest BCUT2D eigenvalue weighted by Gasteiger charge is 2.30. The van der Waals surface area contributed by atoms with E-state index >= 15 is 0 Å². The minimum absolute atomic E-state index is 0.174. The lowest BCUT2D eigenvalue weighted by Gasteiger charge is -2.36. The van der Waals surface area contributed by atoms with Crippen LogP contribution in [-0.2, 0) is 6.18 Å². The van der Waals surface area contributed by atoms with Crippen LogP contribution in [0.5, 0.6) is 0 Å². The predicted octanol–water partition coefficient (Wildman–Crippen LogP) is 3.81. The molecule has 0 unspecified atom stereocenters. The number of rotatable bonds is 2. The van der Waals surface area contributed by atoms with Crippen LogP contribution in [0.15, 0.2) is 48.5 Å². The Kier molecular flexibility index (Phi) is 4.65. The second-order valence-electron chi connectivity index (χ2n) is 5.83. The summed E-state index contributed by atoms with van der Waals surface area (Å²) in [5, 5.41) is 0. The van der Waals surface area contributed by atoms with Gasteiger partial charge < -0.3 is 9.80 Å². The molecule has 2 aromatic carbocycles. The number of alkyl halides is 3. The summed E-state index contributed by atoms with van der Waals surface area (Å²) < 4.78 is 50.8. The number of benzene rings is 2. The molecule has 3 nitrogen and oxygen atoms in total. The molecule has 1 fully saturated rings. The van der Waals surface area contributed by atoms with Gasteiger partial charge in [-0.2, -0.15) is 13.2 Å². The van der Waals surface area contributed by atoms with Gasteiger partial charge in [0, 0.05) is 37.4 Å². The van der Waals surface area contributed by atoms with Crippen LogP contribution in [0.3, 0.4) is 0 Å². The quantitative estimate of drug-likeness (QED) is 0.768. The molecule has 7 heteroatoms. The number of nitrogens with zero attached hydrogens (tertiary/aromatic N) is 2. The first-order valence-electron chi connectivity index (χ1n) is 7.81. The Labute approximate surface area is 142 Å². The number of amides is 1. The van der Waals surface area contributed by atoms with Crippen molar-refractivity contribution >= 4 is 11.6 Å². The molecule has 3 rings (SSSR count). The fourth-order valence-corrected chi connectivity index (χ4v) is 2.80. The summed E-state index contributed by atoms with van der Waals surface area (Å²) in [4.78, 5) is 16.0. The van der Waals surface area contributed by atoms with Crippen molar-refractivity contribution in [3.05, 3.63) is 65.5 Å². The van der Waals surface area contributed by atoms with Crippen molar-refractivity contribution in [1.82, 2.24) is 4.90 Å². The number of carbonyl (C=O) groups excluding carboxylic acids is 1. The third kappa shape index (κ3) is 3.92. The average molecular weight is 352 g/mol. The van der Waals surface area contributed by atoms with Crippen LogP contribution in [-0.4, -0.2) is 37.0 Å². The molecule has 0 atom stereocenters. The molecule has 0 N–H and O–H groups in total. The van der Waals surface area contributed by atoms with Gasteiger partial charge in [0.1, 0.15) is 5.82 Å². The van der Waals surface area contributed by atoms with Crippen LogP contribution in [0.1, 0.15) is 15.9 Å². The number of carbonyl (C=O) groups is 1. The zero-order valence-corrected chi connectivity index (χ0v) is 13.3. The van der Waals surface area contributed by atoms with Crippen molar-refractivity contribution in [2.24, 2.45) is 0 Å². The second kappa shape index (κ2) is 6.74. The van der Waals surface area contributed by atoms with Crippen molar-refractivity contribution in [2.45, 2.75) is 6.18 Å². The summed E-state index contributed by atoms with van der Waals surface area (Å²) in [5.74, 6) is -0.573. The highest BCUT2D eigenvalue weighted by Crippen LogP contribution is 2.30. The number of hydrogen-bond donors (Lipinski definition) is 0. The largest absolute Gasteiger partial charge is 0.416 e. The van der Waals surface area contributed by atoms with Crippen molar-refractivity contribution in [3.63, 3.8) is 0 Å². The number of piperazine rings is 1. The Morgan fingerprint density at radius 2 is 1.40 bits per heavy atom. The lowest BCUT2D eigenvalue weighted by molar-refractivity contribution is -0.137. The van der Waals surface area contributed by atoms with Crippen LogP contribution >= 0.6 is 0 Å². The van der Waals surface area contributed by atoms with E-state index in [4.69, 9.17) is 0 Å². The lowest BCUT2D eigenvalue weighted by Crippen LogP contribution is -2.48. The molecule has 1 saturated heterocycles. The van der Waals surface area contributed by atoms with Crippen LogP contribution < -0.4 is 4.90 Å². The van der Waals surface area contributed by atoms with Crippen molar-refractivity contribution in [1.29, 1.82) is 0 Å². The van der Waals surface area contributed by atoms with E-state index in [9.17, 15) is 22.4 Å². The van der Waals surface area contributed by atoms with Gasteiger partial charge in [-0.1, -0.05) is 0 Å². The highest BCUT2D eigenvalue weighted by atomic mass is 19.4. The summed E-state index contributed by atoms with van der Waals surface area (Å²) in [6, 6.07) is 10.4. The Morgan fingerprint density at radius 1 is 0.840 bits per heavy atom. The minimum Gasteiger partial charge on any atom is -0.368 e. The maximum atomic E-state index is 12.9. The van der Waals surface area contributed by atoms with Gasteiger partial charge in [-0.25, -0.2) is 4.39 Å². The number of halogens is 4. The van der Waals surface area contributed by atoms with Gasteiger partial charge in [0.05, 0.1) is 5.56 Å². The second-order valence-corrected chi connectivity index (χ2v) is 5.83. The van der Waals surface area contributed by atoms with Crippen LogP contribution in [0.2, 0.25) is 0 Å². The summed E-state index contributed by atoms with van der Waals surface area (Å²) >= 11 is 0. The van der Waals surface area contributed by atoms with Crippen molar-refractivity contribution in [3.8, 4) is 0 Å². The standard InChI is InChI=1S/C18H16F4N2O/c19-15-5-1-13(2-6-15)17(25)24-11-9-23(10-12-24)16-7-3-14(4-8-16)18(20,21)22/h1-8H,9-12H2. The molecule has 0 bridgehead atoms. The van der Waals surface area contributed by atoms with E-state index in [1.165, 1.54) is 36.4 Å². The van der Waals surface area contributed by atoms with Gasteiger partial charge >= 0.3 is 6.18 Å². The smallest absolute Gasteiger partial charge is 0.368 e. The topological polar surface area (TPSA) is 23.6 Å². The minimum atomic E-state index is -4.35. The predicted molar refractivity (Wildman–Crippen MR) is 86.0 cm³/mol. The number of hydrogen-bond acceptors (Lipinski definition) is 2. The van der Waals surface area contributed by atoms with Crippen LogP contribution in [0.25, 0.3) is 0 Å². The molecule has 1 amide bonds. The van der Waals surface area contributed by atoms with Gasteiger partial charge in [-0.3, -0.25) is 4.79 Å². The van der Waals surface area contributed by atoms with Crippen molar-refractivity contribution < 1.29 is 22.4 Å². The molecule has 2 aromatic rings. The summed E-state index contributed by atoms with van der Waals surface area (Å²) in [5.41, 5.74) is 0.438. The molecular weight excluding hydrogens is 336 g/mol. The van der Waals surface area contributed by atoms with Gasteiger partial charge in [0.25, 0.3) is 5.91 Å². The van der Waals surface area contributed by atoms with Gasteiger partial charge in [-0.15, -0.1) is 0 Å². The Bertz CT molecular complexity index is 733. The first kappa shape index (κ1) is 17.3. The monoisotopic (exact) mass is 352 g/mol. The molecule has 0 aromatic heterocycles. The van der Waals surface area contributed by atoms with Crippen LogP contribution in [0.4, 0.5) is 23.2 Å². The van der Waals surface area contributed by atoms with Gasteiger partial charge in [0.15, 0.2) is 0 Å². The third-order valence-corrected chi connectivity index (χ3v) is 4.22. The maximum Gasteiger partial charge on any atom is 0.416 e. The maximum absolute atomic E-state index is 12.9. The molecule has 25 heavy (non-hydrogen) atoms. The van der Waals surface area contributed by atoms with Crippen LogP contribution in [0, 0.1) is 5.82 Å². The fourth-order valence-electron chi connectivity index (χ4n) is 2.80. The molecular formula is C18H16F4N2O. The molecule has 1 heterocycles. The zero-order chi connectivity index (χ0) is 18.0. The van der Waals surface area contributed by atoms with E-state index in [2.05, 4.69) is 0 Å². The normalized spacial score (nSPS) is 15.4. The van der Waals surface area contributed by atoms with E-state index in [-0.39, 0.29) is 5.91 Å². The van der Waals surface area contributed by atoms with E-state index in [0.717, 1.165) is 12.1 Å². The number of anilines is 1. The van der Waals surface area contributed by atoms with Crippen molar-refractivity contribution in [2.75, 3.05) is 31.1 Å². The molecule has 1 aliphatic rings. The Hall–Kier alpha value is -2.57. The third-order valence-electron chi connectivity index (χ3n) is 4.22. The zero-order valence-electron chi connectivity index (χ0n) is 13.3. The highest BCUT2D eigenvalue weighted by molar-refractivity contribution is 5.94. The van der Waals surface area contributed by atoms with E-state index in [1.807, 2.05) is 4.90 Å². The van der Waals surface area contributed by atoms with Gasteiger partial charge in [-0.05, 0) is 48.5 Å². The first-order valence-corrected chi connectivity index (χ1v) is 7.81. The SMILES string of the molecule is O=C(c1ccc(F)cc1)N1CCN(c2ccc(C(F)(F)F)cc2)CC1. The summed E-state index contributed by atoms with van der Waals surface area (Å²) in [7, 11) is 0. The molecule has 0 saturated carbocycles. The van der Waals surface area contributed by atoms with E-state index < -0.39 is 17.6 Å². The summed E-state index contributed by atoms with van der Waals surface area (Å²) in [6.45, 7) is 1.96. The fraction of sp³-hybridized carbons (Fsp3) is 0.278. The molecule has 0 spiro atoms. The average Bonchev–Trinajstić information content (AvgIpc) is 2.61. The lowest BCUT2D eigenvalue weighted by atomic mass is 10.1. The Balaban J connectivity index is 1.61. The molecule has 0 radical (unpaired) electrons. The van der Waals surface area contributed by atoms with E-state index in [0.29, 0.717) is 37.4 Å². The Morgan fingerprint density at radius 3 is 1.92 bits per heavy atom. The summed E-state index contributed by atoms with van der Waals surface area (Å²) in [6.07, 6.45) is -4.35. The molecule has 132 valence electrons. The molecule has 0 aliphatic carbocycles. The first-order chi connectivity index (χ1) is 11.8. The van der Waals surface area contributed by atoms with E-state index in [1.54, 1.807) is 4.90 Å².